The predicted molar refractivity (Wildman–Crippen MR) is 76.1 cm³/mol. The first kappa shape index (κ1) is 13.4. The molecule has 2 heterocycles. The van der Waals surface area contributed by atoms with Crippen LogP contribution in [0.1, 0.15) is 45.3 Å². The second kappa shape index (κ2) is 5.74. The van der Waals surface area contributed by atoms with Gasteiger partial charge in [0.1, 0.15) is 0 Å². The maximum absolute atomic E-state index is 4.58. The van der Waals surface area contributed by atoms with Gasteiger partial charge in [0.2, 0.25) is 5.95 Å². The van der Waals surface area contributed by atoms with E-state index in [4.69, 9.17) is 0 Å². The van der Waals surface area contributed by atoms with Gasteiger partial charge in [0.15, 0.2) is 0 Å². The molecule has 0 aromatic carbocycles. The molecule has 0 spiro atoms. The highest BCUT2D eigenvalue weighted by Crippen LogP contribution is 2.19. The van der Waals surface area contributed by atoms with Crippen molar-refractivity contribution in [2.75, 3.05) is 25.0 Å². The van der Waals surface area contributed by atoms with Crippen LogP contribution in [-0.4, -0.2) is 40.1 Å². The van der Waals surface area contributed by atoms with Crippen molar-refractivity contribution in [3.8, 4) is 0 Å². The van der Waals surface area contributed by atoms with Crippen LogP contribution in [-0.2, 0) is 0 Å². The minimum atomic E-state index is 0.421. The monoisotopic (exact) mass is 250 g/mol. The van der Waals surface area contributed by atoms with Crippen molar-refractivity contribution < 1.29 is 0 Å². The number of imidazole rings is 1. The summed E-state index contributed by atoms with van der Waals surface area (Å²) in [6, 6.07) is 0.898. The molecule has 1 aliphatic rings. The number of hydrogen-bond donors (Lipinski definition) is 1. The van der Waals surface area contributed by atoms with Crippen LogP contribution in [0.3, 0.4) is 0 Å². The quantitative estimate of drug-likeness (QED) is 0.872. The molecule has 1 aliphatic heterocycles. The Labute approximate surface area is 110 Å². The topological polar surface area (TPSA) is 33.1 Å². The van der Waals surface area contributed by atoms with Gasteiger partial charge < -0.3 is 14.8 Å². The van der Waals surface area contributed by atoms with Crippen LogP contribution in [0.25, 0.3) is 0 Å². The van der Waals surface area contributed by atoms with Gasteiger partial charge in [-0.25, -0.2) is 4.98 Å². The van der Waals surface area contributed by atoms with Gasteiger partial charge in [0, 0.05) is 24.8 Å². The molecule has 1 fully saturated rings. The first-order chi connectivity index (χ1) is 8.56. The lowest BCUT2D eigenvalue weighted by Crippen LogP contribution is -2.28. The van der Waals surface area contributed by atoms with Gasteiger partial charge in [-0.2, -0.15) is 0 Å². The Morgan fingerprint density at radius 2 is 1.94 bits per heavy atom. The van der Waals surface area contributed by atoms with Crippen molar-refractivity contribution in [3.63, 3.8) is 0 Å². The van der Waals surface area contributed by atoms with Gasteiger partial charge in [0.25, 0.3) is 0 Å². The van der Waals surface area contributed by atoms with E-state index in [2.05, 4.69) is 53.7 Å². The van der Waals surface area contributed by atoms with E-state index in [0.29, 0.717) is 12.1 Å². The van der Waals surface area contributed by atoms with Crippen LogP contribution in [0.2, 0.25) is 0 Å². The van der Waals surface area contributed by atoms with Gasteiger partial charge in [0.05, 0.1) is 5.69 Å². The van der Waals surface area contributed by atoms with E-state index in [9.17, 15) is 0 Å². The number of nitrogens with one attached hydrogen (secondary N) is 1. The fraction of sp³-hybridized carbons (Fsp3) is 0.786. The second-order valence-corrected chi connectivity index (χ2v) is 5.77. The summed E-state index contributed by atoms with van der Waals surface area (Å²) in [6.45, 7) is 12.3. The maximum Gasteiger partial charge on any atom is 0.203 e. The normalized spacial score (nSPS) is 18.5. The molecular weight excluding hydrogens is 224 g/mol. The Hall–Kier alpha value is -1.03. The lowest BCUT2D eigenvalue weighted by Gasteiger charge is -2.23. The number of nitrogens with zero attached hydrogens (tertiary/aromatic N) is 3. The summed E-state index contributed by atoms with van der Waals surface area (Å²) in [6.07, 6.45) is 4.87. The molecule has 1 N–H and O–H groups in total. The minimum Gasteiger partial charge on any atom is -0.353 e. The number of hydrogen-bond acceptors (Lipinski definition) is 3. The first-order valence-corrected chi connectivity index (χ1v) is 7.10. The van der Waals surface area contributed by atoms with Crippen molar-refractivity contribution in [1.29, 1.82) is 0 Å². The third-order valence-corrected chi connectivity index (χ3v) is 3.47. The van der Waals surface area contributed by atoms with E-state index in [1.165, 1.54) is 25.9 Å². The van der Waals surface area contributed by atoms with Crippen LogP contribution in [0, 0.1) is 6.92 Å². The zero-order chi connectivity index (χ0) is 13.1. The summed E-state index contributed by atoms with van der Waals surface area (Å²) in [4.78, 5) is 7.13. The predicted octanol–water partition coefficient (Wildman–Crippen LogP) is 2.67. The van der Waals surface area contributed by atoms with E-state index in [1.54, 1.807) is 0 Å². The van der Waals surface area contributed by atoms with Crippen molar-refractivity contribution in [1.82, 2.24) is 14.5 Å². The van der Waals surface area contributed by atoms with E-state index < -0.39 is 0 Å². The molecule has 4 nitrogen and oxygen atoms in total. The molecule has 0 aliphatic carbocycles. The lowest BCUT2D eigenvalue weighted by molar-refractivity contribution is 0.288. The molecule has 102 valence electrons. The van der Waals surface area contributed by atoms with Crippen LogP contribution in [0.5, 0.6) is 0 Å². The highest BCUT2D eigenvalue weighted by atomic mass is 15.3. The Balaban J connectivity index is 2.05. The number of aryl methyl sites for hydroxylation is 1. The van der Waals surface area contributed by atoms with Gasteiger partial charge in [-0.1, -0.05) is 0 Å². The first-order valence-electron chi connectivity index (χ1n) is 7.10. The Kier molecular flexibility index (Phi) is 4.27. The summed E-state index contributed by atoms with van der Waals surface area (Å²) < 4.78 is 2.29. The number of rotatable bonds is 5. The largest absolute Gasteiger partial charge is 0.353 e. The summed E-state index contributed by atoms with van der Waals surface area (Å²) >= 11 is 0. The zero-order valence-electron chi connectivity index (χ0n) is 12.1. The van der Waals surface area contributed by atoms with E-state index in [0.717, 1.165) is 18.2 Å². The van der Waals surface area contributed by atoms with E-state index >= 15 is 0 Å². The Morgan fingerprint density at radius 3 is 2.56 bits per heavy atom. The molecule has 2 rings (SSSR count). The standard InChI is InChI=1S/C14H26N4/c1-11(2)15-14-16-12(3)9-18(14)13(4)10-17-7-5-6-8-17/h9,11,13H,5-8,10H2,1-4H3,(H,15,16). The molecule has 1 aromatic heterocycles. The number of aromatic nitrogens is 2. The van der Waals surface area contributed by atoms with Crippen LogP contribution in [0.4, 0.5) is 5.95 Å². The molecule has 0 amide bonds. The van der Waals surface area contributed by atoms with Crippen molar-refractivity contribution >= 4 is 5.95 Å². The third-order valence-electron chi connectivity index (χ3n) is 3.47. The summed E-state index contributed by atoms with van der Waals surface area (Å²) in [5.41, 5.74) is 1.09. The van der Waals surface area contributed by atoms with Crippen molar-refractivity contribution in [3.05, 3.63) is 11.9 Å². The third kappa shape index (κ3) is 3.25. The molecule has 0 saturated carbocycles. The Morgan fingerprint density at radius 1 is 1.28 bits per heavy atom. The van der Waals surface area contributed by atoms with Crippen LogP contribution < -0.4 is 5.32 Å². The highest BCUT2D eigenvalue weighted by molar-refractivity contribution is 5.30. The molecule has 0 bridgehead atoms. The van der Waals surface area contributed by atoms with Gasteiger partial charge in [-0.3, -0.25) is 0 Å². The second-order valence-electron chi connectivity index (χ2n) is 5.77. The van der Waals surface area contributed by atoms with Crippen LogP contribution in [0.15, 0.2) is 6.20 Å². The maximum atomic E-state index is 4.58. The molecule has 4 heteroatoms. The summed E-state index contributed by atoms with van der Waals surface area (Å²) in [7, 11) is 0. The molecule has 1 unspecified atom stereocenters. The Bertz CT molecular complexity index is 377. The van der Waals surface area contributed by atoms with Crippen LogP contribution >= 0.6 is 0 Å². The number of anilines is 1. The van der Waals surface area contributed by atoms with Gasteiger partial charge in [-0.15, -0.1) is 0 Å². The van der Waals surface area contributed by atoms with Gasteiger partial charge >= 0.3 is 0 Å². The fourth-order valence-electron chi connectivity index (χ4n) is 2.64. The zero-order valence-corrected chi connectivity index (χ0v) is 12.1. The fourth-order valence-corrected chi connectivity index (χ4v) is 2.64. The average molecular weight is 250 g/mol. The van der Waals surface area contributed by atoms with Crippen molar-refractivity contribution in [2.45, 2.75) is 52.6 Å². The molecule has 1 saturated heterocycles. The summed E-state index contributed by atoms with van der Waals surface area (Å²) in [5.74, 6) is 1.01. The van der Waals surface area contributed by atoms with Gasteiger partial charge in [-0.05, 0) is 53.6 Å². The number of likely N-dealkylation sites (tertiary alicyclic amines) is 1. The van der Waals surface area contributed by atoms with E-state index in [-0.39, 0.29) is 0 Å². The minimum absolute atomic E-state index is 0.421. The molecular formula is C14H26N4. The smallest absolute Gasteiger partial charge is 0.203 e. The SMILES string of the molecule is Cc1cn(C(C)CN2CCCC2)c(NC(C)C)n1. The lowest BCUT2D eigenvalue weighted by atomic mass is 10.3. The molecule has 1 aromatic rings. The summed E-state index contributed by atoms with van der Waals surface area (Å²) in [5, 5.41) is 3.43. The molecule has 1 atom stereocenters. The molecule has 0 radical (unpaired) electrons. The van der Waals surface area contributed by atoms with Crippen molar-refractivity contribution in [2.24, 2.45) is 0 Å². The van der Waals surface area contributed by atoms with E-state index in [1.807, 2.05) is 0 Å². The molecule has 18 heavy (non-hydrogen) atoms. The highest BCUT2D eigenvalue weighted by Gasteiger charge is 2.18. The average Bonchev–Trinajstić information content (AvgIpc) is 2.87.